The zero-order valence-corrected chi connectivity index (χ0v) is 17.6. The summed E-state index contributed by atoms with van der Waals surface area (Å²) in [4.78, 5) is 12.2. The molecule has 0 aromatic heterocycles. The van der Waals surface area contributed by atoms with Crippen LogP contribution in [0.25, 0.3) is 0 Å². The molecule has 0 aliphatic heterocycles. The zero-order chi connectivity index (χ0) is 20.7. The normalized spacial score (nSPS) is 11.3. The third-order valence-corrected chi connectivity index (χ3v) is 4.05. The van der Waals surface area contributed by atoms with E-state index in [-0.39, 0.29) is 24.5 Å². The van der Waals surface area contributed by atoms with Crippen LogP contribution < -0.4 is 14.9 Å². The lowest BCUT2D eigenvalue weighted by Gasteiger charge is -2.15. The Morgan fingerprint density at radius 2 is 1.71 bits per heavy atom. The number of nitrogens with one attached hydrogen (secondary N) is 1. The minimum Gasteiger partial charge on any atom is -0.491 e. The summed E-state index contributed by atoms with van der Waals surface area (Å²) in [5.41, 5.74) is 6.71. The number of aryl methyl sites for hydroxylation is 2. The van der Waals surface area contributed by atoms with Gasteiger partial charge in [-0.15, -0.1) is 0 Å². The fourth-order valence-electron chi connectivity index (χ4n) is 2.64. The SMILES string of the molecule is Cc1ccc(CC(=O)N/N=C\c2ccc(OC(C)C)cc2OC(C)C)cc1C. The van der Waals surface area contributed by atoms with Gasteiger partial charge in [-0.1, -0.05) is 18.2 Å². The van der Waals surface area contributed by atoms with Crippen molar-refractivity contribution in [1.82, 2.24) is 5.43 Å². The second-order valence-electron chi connectivity index (χ2n) is 7.42. The Morgan fingerprint density at radius 3 is 2.36 bits per heavy atom. The van der Waals surface area contributed by atoms with Crippen LogP contribution in [-0.4, -0.2) is 24.3 Å². The van der Waals surface area contributed by atoms with E-state index in [1.807, 2.05) is 71.0 Å². The maximum Gasteiger partial charge on any atom is 0.244 e. The first-order chi connectivity index (χ1) is 13.2. The van der Waals surface area contributed by atoms with E-state index in [1.165, 1.54) is 11.1 Å². The van der Waals surface area contributed by atoms with Crippen molar-refractivity contribution in [2.45, 2.75) is 60.2 Å². The van der Waals surface area contributed by atoms with Gasteiger partial charge >= 0.3 is 0 Å². The van der Waals surface area contributed by atoms with E-state index in [2.05, 4.69) is 17.5 Å². The quantitative estimate of drug-likeness (QED) is 0.537. The summed E-state index contributed by atoms with van der Waals surface area (Å²) < 4.78 is 11.6. The Kier molecular flexibility index (Phi) is 7.61. The van der Waals surface area contributed by atoms with Crippen LogP contribution in [0, 0.1) is 13.8 Å². The van der Waals surface area contributed by atoms with Gasteiger partial charge in [0.05, 0.1) is 24.8 Å². The third-order valence-electron chi connectivity index (χ3n) is 4.05. The smallest absolute Gasteiger partial charge is 0.244 e. The average molecular weight is 383 g/mol. The standard InChI is InChI=1S/C23H30N2O3/c1-15(2)27-21-10-9-20(22(13-21)28-16(3)4)14-24-25-23(26)12-19-8-7-17(5)18(6)11-19/h7-11,13-16H,12H2,1-6H3,(H,25,26)/b24-14-. The third kappa shape index (κ3) is 6.72. The van der Waals surface area contributed by atoms with Gasteiger partial charge in [0.15, 0.2) is 0 Å². The number of amides is 1. The number of nitrogens with zero attached hydrogens (tertiary/aromatic N) is 1. The molecule has 2 rings (SSSR count). The van der Waals surface area contributed by atoms with E-state index < -0.39 is 0 Å². The van der Waals surface area contributed by atoms with Crippen molar-refractivity contribution in [2.75, 3.05) is 0 Å². The second kappa shape index (κ2) is 9.93. The number of carbonyl (C=O) groups excluding carboxylic acids is 1. The molecule has 1 N–H and O–H groups in total. The first-order valence-electron chi connectivity index (χ1n) is 9.60. The molecule has 5 nitrogen and oxygen atoms in total. The van der Waals surface area contributed by atoms with Gasteiger partial charge in [-0.3, -0.25) is 4.79 Å². The monoisotopic (exact) mass is 382 g/mol. The van der Waals surface area contributed by atoms with Crippen LogP contribution in [0.1, 0.15) is 49.9 Å². The lowest BCUT2D eigenvalue weighted by Crippen LogP contribution is -2.20. The molecule has 0 unspecified atom stereocenters. The summed E-state index contributed by atoms with van der Waals surface area (Å²) in [7, 11) is 0. The Morgan fingerprint density at radius 1 is 1.00 bits per heavy atom. The first-order valence-corrected chi connectivity index (χ1v) is 9.60. The number of benzene rings is 2. The van der Waals surface area contributed by atoms with Crippen LogP contribution >= 0.6 is 0 Å². The van der Waals surface area contributed by atoms with Gasteiger partial charge in [-0.25, -0.2) is 5.43 Å². The summed E-state index contributed by atoms with van der Waals surface area (Å²) in [6, 6.07) is 11.6. The van der Waals surface area contributed by atoms with Gasteiger partial charge in [0, 0.05) is 11.6 Å². The maximum atomic E-state index is 12.2. The number of hydrogen-bond donors (Lipinski definition) is 1. The largest absolute Gasteiger partial charge is 0.491 e. The number of hydrogen-bond acceptors (Lipinski definition) is 4. The van der Waals surface area contributed by atoms with Crippen LogP contribution in [0.4, 0.5) is 0 Å². The molecule has 0 saturated carbocycles. The summed E-state index contributed by atoms with van der Waals surface area (Å²) in [5.74, 6) is 1.24. The van der Waals surface area contributed by atoms with E-state index in [4.69, 9.17) is 9.47 Å². The first kappa shape index (κ1) is 21.5. The van der Waals surface area contributed by atoms with E-state index >= 15 is 0 Å². The molecule has 0 heterocycles. The van der Waals surface area contributed by atoms with Crippen LogP contribution in [0.15, 0.2) is 41.5 Å². The predicted octanol–water partition coefficient (Wildman–Crippen LogP) is 4.57. The van der Waals surface area contributed by atoms with Crippen molar-refractivity contribution in [3.63, 3.8) is 0 Å². The second-order valence-corrected chi connectivity index (χ2v) is 7.42. The highest BCUT2D eigenvalue weighted by Crippen LogP contribution is 2.25. The fourth-order valence-corrected chi connectivity index (χ4v) is 2.64. The van der Waals surface area contributed by atoms with Gasteiger partial charge < -0.3 is 9.47 Å². The molecule has 5 heteroatoms. The highest BCUT2D eigenvalue weighted by atomic mass is 16.5. The summed E-state index contributed by atoms with van der Waals surface area (Å²) in [6.45, 7) is 12.0. The Hall–Kier alpha value is -2.82. The molecule has 0 aliphatic rings. The minimum atomic E-state index is -0.161. The molecule has 150 valence electrons. The van der Waals surface area contributed by atoms with Crippen LogP contribution in [0.5, 0.6) is 11.5 Å². The van der Waals surface area contributed by atoms with E-state index in [0.29, 0.717) is 5.75 Å². The number of hydrazone groups is 1. The Balaban J connectivity index is 2.05. The zero-order valence-electron chi connectivity index (χ0n) is 17.6. The number of ether oxygens (including phenoxy) is 2. The molecule has 0 fully saturated rings. The van der Waals surface area contributed by atoms with Crippen molar-refractivity contribution in [2.24, 2.45) is 5.10 Å². The molecule has 0 bridgehead atoms. The lowest BCUT2D eigenvalue weighted by atomic mass is 10.0. The molecule has 0 radical (unpaired) electrons. The molecule has 28 heavy (non-hydrogen) atoms. The molecule has 0 spiro atoms. The predicted molar refractivity (Wildman–Crippen MR) is 113 cm³/mol. The lowest BCUT2D eigenvalue weighted by molar-refractivity contribution is -0.120. The molecule has 0 atom stereocenters. The van der Waals surface area contributed by atoms with Gasteiger partial charge in [-0.2, -0.15) is 5.10 Å². The van der Waals surface area contributed by atoms with Crippen molar-refractivity contribution < 1.29 is 14.3 Å². The van der Waals surface area contributed by atoms with Gasteiger partial charge in [0.1, 0.15) is 11.5 Å². The topological polar surface area (TPSA) is 59.9 Å². The fraction of sp³-hybridized carbons (Fsp3) is 0.391. The molecular weight excluding hydrogens is 352 g/mol. The highest BCUT2D eigenvalue weighted by Gasteiger charge is 2.08. The number of carbonyl (C=O) groups is 1. The number of rotatable bonds is 8. The summed E-state index contributed by atoms with van der Waals surface area (Å²) in [6.07, 6.45) is 1.97. The molecular formula is C23H30N2O3. The van der Waals surface area contributed by atoms with Crippen molar-refractivity contribution >= 4 is 12.1 Å². The molecule has 2 aromatic carbocycles. The van der Waals surface area contributed by atoms with Gasteiger partial charge in [0.25, 0.3) is 0 Å². The molecule has 1 amide bonds. The van der Waals surface area contributed by atoms with Crippen molar-refractivity contribution in [3.8, 4) is 11.5 Å². The van der Waals surface area contributed by atoms with Crippen LogP contribution in [-0.2, 0) is 11.2 Å². The highest BCUT2D eigenvalue weighted by molar-refractivity contribution is 5.86. The molecule has 2 aromatic rings. The summed E-state index contributed by atoms with van der Waals surface area (Å²) in [5, 5.41) is 4.09. The van der Waals surface area contributed by atoms with E-state index in [0.717, 1.165) is 16.9 Å². The van der Waals surface area contributed by atoms with Crippen LogP contribution in [0.3, 0.4) is 0 Å². The Bertz CT molecular complexity index is 842. The average Bonchev–Trinajstić information content (AvgIpc) is 2.59. The molecule has 0 aliphatic carbocycles. The van der Waals surface area contributed by atoms with Gasteiger partial charge in [0.2, 0.25) is 5.91 Å². The van der Waals surface area contributed by atoms with E-state index in [9.17, 15) is 4.79 Å². The van der Waals surface area contributed by atoms with E-state index in [1.54, 1.807) is 6.21 Å². The van der Waals surface area contributed by atoms with Crippen LogP contribution in [0.2, 0.25) is 0 Å². The maximum absolute atomic E-state index is 12.2. The minimum absolute atomic E-state index is 0.0146. The summed E-state index contributed by atoms with van der Waals surface area (Å²) >= 11 is 0. The Labute approximate surface area is 167 Å². The van der Waals surface area contributed by atoms with Crippen molar-refractivity contribution in [3.05, 3.63) is 58.7 Å². The van der Waals surface area contributed by atoms with Gasteiger partial charge in [-0.05, 0) is 70.4 Å². The van der Waals surface area contributed by atoms with Crippen molar-refractivity contribution in [1.29, 1.82) is 0 Å². The molecule has 0 saturated heterocycles.